The molecule has 10 heteroatoms. The molecule has 3 aromatic carbocycles. The number of ether oxygens (including phenoxy) is 1. The van der Waals surface area contributed by atoms with Crippen molar-refractivity contribution in [2.75, 3.05) is 0 Å². The fourth-order valence-electron chi connectivity index (χ4n) is 2.66. The Morgan fingerprint density at radius 1 is 0.912 bits per heavy atom. The van der Waals surface area contributed by atoms with Crippen molar-refractivity contribution in [1.29, 1.82) is 0 Å². The van der Waals surface area contributed by atoms with Crippen molar-refractivity contribution in [2.45, 2.75) is 18.9 Å². The zero-order chi connectivity index (χ0) is 24.8. The van der Waals surface area contributed by atoms with Crippen molar-refractivity contribution < 1.29 is 45.6 Å². The maximum atomic E-state index is 12.1. The van der Waals surface area contributed by atoms with E-state index in [0.29, 0.717) is 17.1 Å². The van der Waals surface area contributed by atoms with Crippen LogP contribution >= 0.6 is 0 Å². The summed E-state index contributed by atoms with van der Waals surface area (Å²) < 4.78 is 13.3. The van der Waals surface area contributed by atoms with Gasteiger partial charge in [0.05, 0.1) is 23.4 Å². The molecule has 9 nitrogen and oxygen atoms in total. The van der Waals surface area contributed by atoms with Crippen LogP contribution in [0.15, 0.2) is 94.1 Å². The summed E-state index contributed by atoms with van der Waals surface area (Å²) in [5.41, 5.74) is 1.20. The fourth-order valence-corrected chi connectivity index (χ4v) is 2.66. The van der Waals surface area contributed by atoms with Gasteiger partial charge in [0.15, 0.2) is 0 Å². The Balaban J connectivity index is 0.00000199. The number of para-hydroxylation sites is 1. The van der Waals surface area contributed by atoms with E-state index in [1.165, 1.54) is 18.2 Å². The van der Waals surface area contributed by atoms with Gasteiger partial charge in [0, 0.05) is 12.6 Å². The van der Waals surface area contributed by atoms with Crippen molar-refractivity contribution in [2.24, 2.45) is 15.2 Å². The van der Waals surface area contributed by atoms with Crippen molar-refractivity contribution in [3.8, 4) is 11.5 Å². The zero-order valence-electron chi connectivity index (χ0n) is 17.8. The predicted molar refractivity (Wildman–Crippen MR) is 115 cm³/mol. The first-order valence-electron chi connectivity index (χ1n) is 9.97. The van der Waals surface area contributed by atoms with Crippen LogP contribution < -0.4 is 14.9 Å². The van der Waals surface area contributed by atoms with Crippen LogP contribution in [0.25, 0.3) is 0 Å². The monoisotopic (exact) mass is 496 g/mol. The molecule has 0 amide bonds. The van der Waals surface area contributed by atoms with Crippen LogP contribution in [0.5, 0.6) is 11.5 Å². The molecule has 0 heterocycles. The van der Waals surface area contributed by atoms with Crippen LogP contribution in [0.2, 0.25) is 0 Å². The zero-order valence-corrected chi connectivity index (χ0v) is 19.2. The summed E-state index contributed by atoms with van der Waals surface area (Å²) >= 11 is 1.06. The number of carboxylic acid groups (broad SMARTS) is 1. The van der Waals surface area contributed by atoms with Crippen molar-refractivity contribution in [3.63, 3.8) is 0 Å². The van der Waals surface area contributed by atoms with Gasteiger partial charge in [-0.3, -0.25) is 9.79 Å². The summed E-state index contributed by atoms with van der Waals surface area (Å²) in [5, 5.41) is 31.7. The molecule has 0 aliphatic rings. The molecule has 0 bridgehead atoms. The fraction of sp³-hybridized carbons (Fsp3) is 0.125. The number of hydrogen-bond donors (Lipinski definition) is 0. The summed E-state index contributed by atoms with van der Waals surface area (Å²) in [7, 11) is 0. The number of aliphatic carboxylic acids is 1. The van der Waals surface area contributed by atoms with Gasteiger partial charge in [0.25, 0.3) is 0 Å². The maximum absolute atomic E-state index is 12.1. The molecule has 0 fully saturated rings. The normalized spacial score (nSPS) is 11.6. The minimum atomic E-state index is -1.46. The van der Waals surface area contributed by atoms with Gasteiger partial charge in [-0.15, -0.1) is 0 Å². The first-order chi connectivity index (χ1) is 16.5. The average molecular weight is 496 g/mol. The molecule has 0 spiro atoms. The molecule has 3 rings (SSSR count). The van der Waals surface area contributed by atoms with E-state index in [-0.39, 0.29) is 24.2 Å². The SMILES string of the molecule is O=C(CCC(N=Cc1cc(N=Nc2ccccc2)ccc1[O-])C(=O)[O-])Oc1ccccc1.[O]=[V+2]. The van der Waals surface area contributed by atoms with E-state index in [1.54, 1.807) is 42.5 Å². The second-order valence-corrected chi connectivity index (χ2v) is 6.70. The summed E-state index contributed by atoms with van der Waals surface area (Å²) in [5.74, 6) is -2.04. The number of rotatable bonds is 9. The van der Waals surface area contributed by atoms with E-state index >= 15 is 0 Å². The molecule has 0 saturated carbocycles. The van der Waals surface area contributed by atoms with Gasteiger partial charge in [-0.2, -0.15) is 10.2 Å². The third kappa shape index (κ3) is 8.89. The van der Waals surface area contributed by atoms with E-state index < -0.39 is 18.0 Å². The Morgan fingerprint density at radius 3 is 2.18 bits per heavy atom. The van der Waals surface area contributed by atoms with Crippen LogP contribution in [0.4, 0.5) is 11.4 Å². The van der Waals surface area contributed by atoms with Crippen molar-refractivity contribution >= 4 is 29.5 Å². The number of carbonyl (C=O) groups is 2. The van der Waals surface area contributed by atoms with Crippen LogP contribution in [0, 0.1) is 0 Å². The van der Waals surface area contributed by atoms with Gasteiger partial charge >= 0.3 is 27.0 Å². The number of carbonyl (C=O) groups excluding carboxylic acids is 2. The molecule has 0 aliphatic carbocycles. The predicted octanol–water partition coefficient (Wildman–Crippen LogP) is 2.98. The number of nitrogens with zero attached hydrogens (tertiary/aromatic N) is 3. The first-order valence-corrected chi connectivity index (χ1v) is 10.5. The second kappa shape index (κ2) is 14.3. The molecular weight excluding hydrogens is 477 g/mol. The van der Waals surface area contributed by atoms with Crippen LogP contribution in [-0.2, 0) is 30.6 Å². The minimum absolute atomic E-state index is 0.133. The van der Waals surface area contributed by atoms with Gasteiger partial charge < -0.3 is 19.7 Å². The average Bonchev–Trinajstić information content (AvgIpc) is 2.86. The van der Waals surface area contributed by atoms with Gasteiger partial charge in [0.1, 0.15) is 5.75 Å². The number of hydrogen-bond acceptors (Lipinski definition) is 9. The molecule has 0 aromatic heterocycles. The quantitative estimate of drug-likeness (QED) is 0.193. The third-order valence-electron chi connectivity index (χ3n) is 4.29. The molecule has 0 saturated heterocycles. The Bertz CT molecular complexity index is 1140. The van der Waals surface area contributed by atoms with Gasteiger partial charge in [-0.1, -0.05) is 48.2 Å². The number of carboxylic acids is 1. The molecular formula is C24H19N3O6V. The van der Waals surface area contributed by atoms with E-state index in [9.17, 15) is 19.8 Å². The summed E-state index contributed by atoms with van der Waals surface area (Å²) in [6, 6.07) is 20.4. The standard InChI is InChI=1S/C24H21N3O5.O.V/c28-22-13-11-19(27-26-18-7-3-1-4-8-18)15-17(22)16-25-21(24(30)31)12-14-23(29)32-20-9-5-2-6-10-20;;/h1-11,13,15-16,21,28H,12,14H2,(H,30,31);;/q;;+2/p-2. The molecule has 0 radical (unpaired) electrons. The second-order valence-electron chi connectivity index (χ2n) is 6.70. The number of esters is 1. The van der Waals surface area contributed by atoms with Gasteiger partial charge in [0.2, 0.25) is 0 Å². The Kier molecular flexibility index (Phi) is 11.0. The number of azo groups is 1. The summed E-state index contributed by atoms with van der Waals surface area (Å²) in [4.78, 5) is 27.3. The molecule has 1 atom stereocenters. The van der Waals surface area contributed by atoms with Gasteiger partial charge in [-0.05, 0) is 48.4 Å². The van der Waals surface area contributed by atoms with Crippen LogP contribution in [0.3, 0.4) is 0 Å². The van der Waals surface area contributed by atoms with E-state index in [1.807, 2.05) is 18.2 Å². The summed E-state index contributed by atoms with van der Waals surface area (Å²) in [6.45, 7) is 0. The molecule has 0 N–H and O–H groups in total. The molecule has 34 heavy (non-hydrogen) atoms. The molecule has 1 unspecified atom stereocenters. The molecule has 0 aliphatic heterocycles. The Labute approximate surface area is 205 Å². The molecule has 3 aromatic rings. The van der Waals surface area contributed by atoms with Crippen LogP contribution in [0.1, 0.15) is 18.4 Å². The summed E-state index contributed by atoms with van der Waals surface area (Å²) in [6.07, 6.45) is 0.833. The first kappa shape index (κ1) is 26.3. The Hall–Kier alpha value is -3.95. The number of benzene rings is 3. The molecule has 171 valence electrons. The topological polar surface area (TPSA) is 144 Å². The van der Waals surface area contributed by atoms with E-state index in [0.717, 1.165) is 23.6 Å². The van der Waals surface area contributed by atoms with E-state index in [2.05, 4.69) is 15.2 Å². The Morgan fingerprint density at radius 2 is 1.53 bits per heavy atom. The van der Waals surface area contributed by atoms with Crippen molar-refractivity contribution in [3.05, 3.63) is 84.4 Å². The number of aliphatic imine (C=N–C) groups is 1. The third-order valence-corrected chi connectivity index (χ3v) is 4.29. The van der Waals surface area contributed by atoms with Crippen molar-refractivity contribution in [1.82, 2.24) is 0 Å². The van der Waals surface area contributed by atoms with E-state index in [4.69, 9.17) is 8.41 Å². The van der Waals surface area contributed by atoms with Gasteiger partial charge in [-0.25, -0.2) is 0 Å². The van der Waals surface area contributed by atoms with Crippen LogP contribution in [-0.4, -0.2) is 24.2 Å².